The Morgan fingerprint density at radius 1 is 1.12 bits per heavy atom. The van der Waals surface area contributed by atoms with Crippen molar-refractivity contribution in [1.29, 1.82) is 0 Å². The van der Waals surface area contributed by atoms with Crippen LogP contribution in [0.15, 0.2) is 53.1 Å². The molecule has 1 heterocycles. The van der Waals surface area contributed by atoms with Crippen molar-refractivity contribution in [2.75, 3.05) is 11.9 Å². The lowest BCUT2D eigenvalue weighted by Crippen LogP contribution is -2.15. The zero-order chi connectivity index (χ0) is 11.2. The highest BCUT2D eigenvalue weighted by Crippen LogP contribution is 2.05. The highest BCUT2D eigenvalue weighted by Gasteiger charge is 2.05. The number of anilines is 1. The van der Waals surface area contributed by atoms with E-state index in [4.69, 9.17) is 4.42 Å². The molecule has 0 bridgehead atoms. The van der Waals surface area contributed by atoms with Crippen LogP contribution in [0.5, 0.6) is 0 Å². The third-order valence-corrected chi connectivity index (χ3v) is 2.21. The first-order chi connectivity index (χ1) is 7.84. The van der Waals surface area contributed by atoms with E-state index in [1.165, 1.54) is 0 Å². The van der Waals surface area contributed by atoms with E-state index in [1.54, 1.807) is 18.4 Å². The molecular weight excluding hydrogens is 202 g/mol. The molecule has 0 radical (unpaired) electrons. The Kier molecular flexibility index (Phi) is 3.38. The van der Waals surface area contributed by atoms with E-state index in [2.05, 4.69) is 5.32 Å². The number of furan rings is 1. The minimum Gasteiger partial charge on any atom is -0.469 e. The van der Waals surface area contributed by atoms with E-state index >= 15 is 0 Å². The lowest BCUT2D eigenvalue weighted by atomic mass is 10.2. The van der Waals surface area contributed by atoms with E-state index in [1.807, 2.05) is 30.3 Å². The van der Waals surface area contributed by atoms with Gasteiger partial charge in [0.2, 0.25) is 0 Å². The van der Waals surface area contributed by atoms with E-state index in [-0.39, 0.29) is 5.78 Å². The van der Waals surface area contributed by atoms with Gasteiger partial charge < -0.3 is 9.73 Å². The van der Waals surface area contributed by atoms with Crippen LogP contribution in [0.3, 0.4) is 0 Å². The Hall–Kier alpha value is -2.03. The van der Waals surface area contributed by atoms with Crippen LogP contribution in [0.25, 0.3) is 0 Å². The molecule has 0 unspecified atom stereocenters. The molecule has 1 aromatic heterocycles. The molecule has 0 aliphatic heterocycles. The highest BCUT2D eigenvalue weighted by molar-refractivity contribution is 5.84. The van der Waals surface area contributed by atoms with Gasteiger partial charge in [-0.2, -0.15) is 0 Å². The first kappa shape index (κ1) is 10.5. The molecule has 2 aromatic rings. The second kappa shape index (κ2) is 5.16. The predicted molar refractivity (Wildman–Crippen MR) is 62.4 cm³/mol. The van der Waals surface area contributed by atoms with Gasteiger partial charge in [-0.05, 0) is 24.3 Å². The van der Waals surface area contributed by atoms with Gasteiger partial charge >= 0.3 is 0 Å². The normalized spacial score (nSPS) is 10.0. The van der Waals surface area contributed by atoms with Crippen LogP contribution < -0.4 is 5.32 Å². The van der Waals surface area contributed by atoms with Crippen molar-refractivity contribution in [2.45, 2.75) is 6.42 Å². The molecule has 0 aliphatic rings. The number of Topliss-reactive ketones (excluding diaryl/α,β-unsaturated/α-hetero) is 1. The Labute approximate surface area is 94.1 Å². The van der Waals surface area contributed by atoms with Crippen molar-refractivity contribution in [3.8, 4) is 0 Å². The lowest BCUT2D eigenvalue weighted by molar-refractivity contribution is -0.117. The average Bonchev–Trinajstić information content (AvgIpc) is 2.81. The second-order valence-electron chi connectivity index (χ2n) is 3.51. The van der Waals surface area contributed by atoms with Crippen molar-refractivity contribution in [2.24, 2.45) is 0 Å². The summed E-state index contributed by atoms with van der Waals surface area (Å²) in [4.78, 5) is 11.6. The second-order valence-corrected chi connectivity index (χ2v) is 3.51. The van der Waals surface area contributed by atoms with Gasteiger partial charge in [0.25, 0.3) is 0 Å². The summed E-state index contributed by atoms with van der Waals surface area (Å²) in [5.41, 5.74) is 0.954. The quantitative estimate of drug-likeness (QED) is 0.833. The molecule has 0 amide bonds. The minimum atomic E-state index is 0.110. The predicted octanol–water partition coefficient (Wildman–Crippen LogP) is 2.50. The Morgan fingerprint density at radius 3 is 2.62 bits per heavy atom. The molecule has 0 spiro atoms. The number of hydrogen-bond donors (Lipinski definition) is 1. The molecule has 82 valence electrons. The minimum absolute atomic E-state index is 0.110. The van der Waals surface area contributed by atoms with Crippen LogP contribution >= 0.6 is 0 Å². The van der Waals surface area contributed by atoms with Gasteiger partial charge in [-0.25, -0.2) is 0 Å². The van der Waals surface area contributed by atoms with E-state index in [0.717, 1.165) is 5.69 Å². The lowest BCUT2D eigenvalue weighted by Gasteiger charge is -2.04. The molecular formula is C13H13NO2. The summed E-state index contributed by atoms with van der Waals surface area (Å²) in [7, 11) is 0. The summed E-state index contributed by atoms with van der Waals surface area (Å²) in [6.45, 7) is 0.324. The summed E-state index contributed by atoms with van der Waals surface area (Å²) in [5.74, 6) is 0.818. The first-order valence-corrected chi connectivity index (χ1v) is 5.17. The highest BCUT2D eigenvalue weighted by atomic mass is 16.3. The van der Waals surface area contributed by atoms with Crippen LogP contribution in [0.1, 0.15) is 5.76 Å². The van der Waals surface area contributed by atoms with E-state index in [9.17, 15) is 4.79 Å². The molecule has 1 aromatic carbocycles. The van der Waals surface area contributed by atoms with Crippen LogP contribution in [-0.4, -0.2) is 12.3 Å². The fourth-order valence-corrected chi connectivity index (χ4v) is 1.43. The summed E-state index contributed by atoms with van der Waals surface area (Å²) >= 11 is 0. The fraction of sp³-hybridized carbons (Fsp3) is 0.154. The maximum Gasteiger partial charge on any atom is 0.159 e. The summed E-state index contributed by atoms with van der Waals surface area (Å²) in [6, 6.07) is 13.3. The monoisotopic (exact) mass is 215 g/mol. The van der Waals surface area contributed by atoms with Crippen LogP contribution in [0.2, 0.25) is 0 Å². The smallest absolute Gasteiger partial charge is 0.159 e. The van der Waals surface area contributed by atoms with Crippen molar-refractivity contribution >= 4 is 11.5 Å². The molecule has 0 fully saturated rings. The number of rotatable bonds is 5. The van der Waals surface area contributed by atoms with Gasteiger partial charge in [-0.1, -0.05) is 18.2 Å². The van der Waals surface area contributed by atoms with Crippen LogP contribution in [0.4, 0.5) is 5.69 Å². The number of carbonyl (C=O) groups is 1. The van der Waals surface area contributed by atoms with E-state index in [0.29, 0.717) is 18.7 Å². The zero-order valence-corrected chi connectivity index (χ0v) is 8.85. The molecule has 3 heteroatoms. The van der Waals surface area contributed by atoms with Crippen LogP contribution in [-0.2, 0) is 11.2 Å². The maximum atomic E-state index is 11.6. The van der Waals surface area contributed by atoms with Gasteiger partial charge in [-0.3, -0.25) is 4.79 Å². The largest absolute Gasteiger partial charge is 0.469 e. The third-order valence-electron chi connectivity index (χ3n) is 2.21. The molecule has 16 heavy (non-hydrogen) atoms. The van der Waals surface area contributed by atoms with Gasteiger partial charge in [0, 0.05) is 5.69 Å². The SMILES string of the molecule is O=C(CNc1ccccc1)Cc1ccco1. The standard InChI is InChI=1S/C13H13NO2/c15-12(9-13-7-4-8-16-13)10-14-11-5-2-1-3-6-11/h1-8,14H,9-10H2. The van der Waals surface area contributed by atoms with Gasteiger partial charge in [0.1, 0.15) is 5.76 Å². The number of para-hydroxylation sites is 1. The maximum absolute atomic E-state index is 11.6. The number of benzene rings is 1. The number of carbonyl (C=O) groups excluding carboxylic acids is 1. The molecule has 0 saturated carbocycles. The van der Waals surface area contributed by atoms with Crippen molar-refractivity contribution in [1.82, 2.24) is 0 Å². The topological polar surface area (TPSA) is 42.2 Å². The first-order valence-electron chi connectivity index (χ1n) is 5.17. The molecule has 0 saturated heterocycles. The van der Waals surface area contributed by atoms with Crippen molar-refractivity contribution in [3.05, 3.63) is 54.5 Å². The Balaban J connectivity index is 1.80. The molecule has 3 nitrogen and oxygen atoms in total. The summed E-state index contributed by atoms with van der Waals surface area (Å²) in [5, 5.41) is 3.07. The van der Waals surface area contributed by atoms with E-state index < -0.39 is 0 Å². The summed E-state index contributed by atoms with van der Waals surface area (Å²) < 4.78 is 5.11. The van der Waals surface area contributed by atoms with Crippen molar-refractivity contribution in [3.63, 3.8) is 0 Å². The summed E-state index contributed by atoms with van der Waals surface area (Å²) in [6.07, 6.45) is 1.92. The number of hydrogen-bond acceptors (Lipinski definition) is 3. The molecule has 2 rings (SSSR count). The third kappa shape index (κ3) is 2.98. The molecule has 0 aliphatic carbocycles. The Bertz CT molecular complexity index is 434. The number of ketones is 1. The van der Waals surface area contributed by atoms with Crippen LogP contribution in [0, 0.1) is 0 Å². The fourth-order valence-electron chi connectivity index (χ4n) is 1.43. The average molecular weight is 215 g/mol. The van der Waals surface area contributed by atoms with Gasteiger partial charge in [0.05, 0.1) is 19.2 Å². The zero-order valence-electron chi connectivity index (χ0n) is 8.85. The Morgan fingerprint density at radius 2 is 1.94 bits per heavy atom. The number of nitrogens with one attached hydrogen (secondary N) is 1. The molecule has 1 N–H and O–H groups in total. The van der Waals surface area contributed by atoms with Gasteiger partial charge in [-0.15, -0.1) is 0 Å². The molecule has 0 atom stereocenters. The van der Waals surface area contributed by atoms with Crippen molar-refractivity contribution < 1.29 is 9.21 Å². The van der Waals surface area contributed by atoms with Gasteiger partial charge in [0.15, 0.2) is 5.78 Å².